The summed E-state index contributed by atoms with van der Waals surface area (Å²) in [6.45, 7) is 2.60. The van der Waals surface area contributed by atoms with Gasteiger partial charge in [0.05, 0.1) is 17.8 Å². The molecule has 7 nitrogen and oxygen atoms in total. The van der Waals surface area contributed by atoms with E-state index in [1.54, 1.807) is 24.1 Å². The Balaban J connectivity index is 1.63. The van der Waals surface area contributed by atoms with Crippen molar-refractivity contribution >= 4 is 5.91 Å². The van der Waals surface area contributed by atoms with Gasteiger partial charge >= 0.3 is 0 Å². The Bertz CT molecular complexity index is 970. The van der Waals surface area contributed by atoms with E-state index in [0.717, 1.165) is 30.7 Å². The highest BCUT2D eigenvalue weighted by atomic mass is 16.5. The van der Waals surface area contributed by atoms with Crippen molar-refractivity contribution in [1.82, 2.24) is 24.6 Å². The minimum absolute atomic E-state index is 0.0339. The Labute approximate surface area is 164 Å². The molecule has 0 N–H and O–H groups in total. The number of benzene rings is 1. The summed E-state index contributed by atoms with van der Waals surface area (Å²) in [6.07, 6.45) is 6.19. The van der Waals surface area contributed by atoms with Crippen LogP contribution in [0.5, 0.6) is 11.6 Å². The molecule has 4 rings (SSSR count). The molecule has 1 fully saturated rings. The molecule has 1 amide bonds. The summed E-state index contributed by atoms with van der Waals surface area (Å²) in [7, 11) is 1.81. The molecule has 144 valence electrons. The van der Waals surface area contributed by atoms with Crippen molar-refractivity contribution < 1.29 is 9.53 Å². The van der Waals surface area contributed by atoms with Crippen LogP contribution in [0.1, 0.15) is 47.2 Å². The highest BCUT2D eigenvalue weighted by Gasteiger charge is 2.31. The van der Waals surface area contributed by atoms with Crippen molar-refractivity contribution in [3.63, 3.8) is 0 Å². The second-order valence-corrected chi connectivity index (χ2v) is 7.03. The first kappa shape index (κ1) is 18.2. The maximum absolute atomic E-state index is 13.0. The number of carbonyl (C=O) groups excluding carboxylic acids is 1. The van der Waals surface area contributed by atoms with E-state index < -0.39 is 0 Å². The molecule has 0 radical (unpaired) electrons. The summed E-state index contributed by atoms with van der Waals surface area (Å²) in [5, 5.41) is 4.12. The summed E-state index contributed by atoms with van der Waals surface area (Å²) in [5.74, 6) is 1.81. The topological polar surface area (TPSA) is 73.1 Å². The lowest BCUT2D eigenvalue weighted by atomic mass is 10.0. The van der Waals surface area contributed by atoms with Crippen molar-refractivity contribution in [3.8, 4) is 11.6 Å². The first-order chi connectivity index (χ1) is 13.6. The van der Waals surface area contributed by atoms with Crippen molar-refractivity contribution in [2.24, 2.45) is 7.05 Å². The average molecular weight is 377 g/mol. The predicted octanol–water partition coefficient (Wildman–Crippen LogP) is 3.68. The van der Waals surface area contributed by atoms with Crippen LogP contribution in [0.15, 0.2) is 48.8 Å². The van der Waals surface area contributed by atoms with Crippen LogP contribution in [0.25, 0.3) is 0 Å². The van der Waals surface area contributed by atoms with Gasteiger partial charge in [-0.2, -0.15) is 10.1 Å². The molecule has 1 aliphatic heterocycles. The van der Waals surface area contributed by atoms with E-state index in [0.29, 0.717) is 23.8 Å². The fraction of sp³-hybridized carbons (Fsp3) is 0.333. The van der Waals surface area contributed by atoms with E-state index in [1.165, 1.54) is 0 Å². The fourth-order valence-electron chi connectivity index (χ4n) is 3.51. The van der Waals surface area contributed by atoms with E-state index in [-0.39, 0.29) is 11.9 Å². The lowest BCUT2D eigenvalue weighted by molar-refractivity contribution is 0.0598. The lowest BCUT2D eigenvalue weighted by Crippen LogP contribution is -2.39. The van der Waals surface area contributed by atoms with Crippen LogP contribution < -0.4 is 4.74 Å². The normalized spacial score (nSPS) is 16.8. The van der Waals surface area contributed by atoms with Crippen LogP contribution in [-0.2, 0) is 7.05 Å². The van der Waals surface area contributed by atoms with Gasteiger partial charge in [0.25, 0.3) is 5.91 Å². The molecule has 3 heterocycles. The van der Waals surface area contributed by atoms with Gasteiger partial charge in [-0.25, -0.2) is 4.98 Å². The molecule has 0 spiro atoms. The Morgan fingerprint density at radius 2 is 2.00 bits per heavy atom. The highest BCUT2D eigenvalue weighted by Crippen LogP contribution is 2.32. The molecule has 0 saturated carbocycles. The maximum Gasteiger partial charge on any atom is 0.257 e. The predicted molar refractivity (Wildman–Crippen MR) is 104 cm³/mol. The Hall–Kier alpha value is -3.22. The minimum Gasteiger partial charge on any atom is -0.439 e. The third-order valence-electron chi connectivity index (χ3n) is 4.83. The number of amides is 1. The molecule has 0 bridgehead atoms. The second-order valence-electron chi connectivity index (χ2n) is 7.03. The maximum atomic E-state index is 13.0. The number of para-hydroxylation sites is 1. The van der Waals surface area contributed by atoms with Gasteiger partial charge in [0.15, 0.2) is 5.82 Å². The molecule has 1 aromatic carbocycles. The second kappa shape index (κ2) is 7.80. The number of carbonyl (C=O) groups is 1. The van der Waals surface area contributed by atoms with Crippen molar-refractivity contribution in [3.05, 3.63) is 65.9 Å². The van der Waals surface area contributed by atoms with Crippen LogP contribution in [0.2, 0.25) is 0 Å². The van der Waals surface area contributed by atoms with Gasteiger partial charge in [-0.05, 0) is 38.3 Å². The van der Waals surface area contributed by atoms with E-state index >= 15 is 0 Å². The van der Waals surface area contributed by atoms with Gasteiger partial charge in [0, 0.05) is 31.5 Å². The SMILES string of the molecule is Cc1cc(Oc2ccccc2)nc(C2CCCCN2C(=O)c2cnn(C)c2)n1. The molecule has 0 aliphatic carbocycles. The number of aromatic nitrogens is 4. The van der Waals surface area contributed by atoms with Gasteiger partial charge in [0.2, 0.25) is 5.88 Å². The zero-order chi connectivity index (χ0) is 19.5. The Morgan fingerprint density at radius 3 is 2.75 bits per heavy atom. The zero-order valence-electron chi connectivity index (χ0n) is 16.1. The smallest absolute Gasteiger partial charge is 0.257 e. The minimum atomic E-state index is -0.167. The quantitative estimate of drug-likeness (QED) is 0.693. The van der Waals surface area contributed by atoms with Crippen LogP contribution >= 0.6 is 0 Å². The van der Waals surface area contributed by atoms with Crippen LogP contribution in [0.4, 0.5) is 0 Å². The van der Waals surface area contributed by atoms with Gasteiger partial charge in [-0.3, -0.25) is 9.48 Å². The highest BCUT2D eigenvalue weighted by molar-refractivity contribution is 5.94. The number of ether oxygens (including phenoxy) is 1. The summed E-state index contributed by atoms with van der Waals surface area (Å²) in [6, 6.07) is 11.2. The van der Waals surface area contributed by atoms with Gasteiger partial charge in [0.1, 0.15) is 5.75 Å². The van der Waals surface area contributed by atoms with Gasteiger partial charge in [-0.15, -0.1) is 0 Å². The number of hydrogen-bond acceptors (Lipinski definition) is 5. The molecule has 1 atom stereocenters. The van der Waals surface area contributed by atoms with E-state index in [4.69, 9.17) is 4.74 Å². The lowest BCUT2D eigenvalue weighted by Gasteiger charge is -2.34. The number of hydrogen-bond donors (Lipinski definition) is 0. The Kier molecular flexibility index (Phi) is 5.06. The van der Waals surface area contributed by atoms with E-state index in [1.807, 2.05) is 48.2 Å². The molecule has 2 aromatic heterocycles. The molecule has 1 aliphatic rings. The van der Waals surface area contributed by atoms with Crippen molar-refractivity contribution in [2.45, 2.75) is 32.2 Å². The Morgan fingerprint density at radius 1 is 1.18 bits per heavy atom. The largest absolute Gasteiger partial charge is 0.439 e. The average Bonchev–Trinajstić information content (AvgIpc) is 3.14. The van der Waals surface area contributed by atoms with E-state index in [9.17, 15) is 4.79 Å². The zero-order valence-corrected chi connectivity index (χ0v) is 16.1. The van der Waals surface area contributed by atoms with Crippen LogP contribution in [-0.4, -0.2) is 37.1 Å². The number of rotatable bonds is 4. The summed E-state index contributed by atoms with van der Waals surface area (Å²) in [4.78, 5) is 24.2. The molecule has 3 aromatic rings. The van der Waals surface area contributed by atoms with Crippen LogP contribution in [0, 0.1) is 6.92 Å². The number of nitrogens with zero attached hydrogens (tertiary/aromatic N) is 5. The molecular formula is C21H23N5O2. The first-order valence-corrected chi connectivity index (χ1v) is 9.48. The number of aryl methyl sites for hydroxylation is 2. The third kappa shape index (κ3) is 3.88. The van der Waals surface area contributed by atoms with Crippen molar-refractivity contribution in [1.29, 1.82) is 0 Å². The molecule has 28 heavy (non-hydrogen) atoms. The van der Waals surface area contributed by atoms with Gasteiger partial charge < -0.3 is 9.64 Å². The molecule has 7 heteroatoms. The first-order valence-electron chi connectivity index (χ1n) is 9.48. The monoisotopic (exact) mass is 377 g/mol. The third-order valence-corrected chi connectivity index (χ3v) is 4.83. The summed E-state index contributed by atoms with van der Waals surface area (Å²) >= 11 is 0. The number of likely N-dealkylation sites (tertiary alicyclic amines) is 1. The standard InChI is InChI=1S/C21H23N5O2/c1-15-12-19(28-17-8-4-3-5-9-17)24-20(23-15)18-10-6-7-11-26(18)21(27)16-13-22-25(2)14-16/h3-5,8-9,12-14,18H,6-7,10-11H2,1-2H3. The summed E-state index contributed by atoms with van der Waals surface area (Å²) < 4.78 is 7.55. The number of piperidine rings is 1. The molecule has 1 saturated heterocycles. The van der Waals surface area contributed by atoms with E-state index in [2.05, 4.69) is 15.1 Å². The molecular weight excluding hydrogens is 354 g/mol. The van der Waals surface area contributed by atoms with Crippen molar-refractivity contribution in [2.75, 3.05) is 6.54 Å². The fourth-order valence-corrected chi connectivity index (χ4v) is 3.51. The van der Waals surface area contributed by atoms with Gasteiger partial charge in [-0.1, -0.05) is 18.2 Å². The summed E-state index contributed by atoms with van der Waals surface area (Å²) in [5.41, 5.74) is 1.40. The molecule has 1 unspecified atom stereocenters. The van der Waals surface area contributed by atoms with Crippen LogP contribution in [0.3, 0.4) is 0 Å².